The van der Waals surface area contributed by atoms with Crippen LogP contribution in [0.15, 0.2) is 84.9 Å². The van der Waals surface area contributed by atoms with Crippen LogP contribution >= 0.6 is 8.92 Å². The van der Waals surface area contributed by atoms with Crippen LogP contribution in [-0.4, -0.2) is 17.3 Å². The first-order valence-electron chi connectivity index (χ1n) is 10.8. The Morgan fingerprint density at radius 1 is 0.625 bits per heavy atom. The second-order valence-corrected chi connectivity index (χ2v) is 23.8. The molecule has 0 N–H and O–H groups in total. The minimum absolute atomic E-state index is 0.343. The van der Waals surface area contributed by atoms with Crippen molar-refractivity contribution in [3.8, 4) is 0 Å². The van der Waals surface area contributed by atoms with E-state index in [1.54, 1.807) is 12.1 Å². The molecule has 0 aliphatic carbocycles. The van der Waals surface area contributed by atoms with Crippen LogP contribution in [0.4, 0.5) is 13.2 Å². The predicted octanol–water partition coefficient (Wildman–Crippen LogP) is 8.05. The van der Waals surface area contributed by atoms with Gasteiger partial charge in [-0.2, -0.15) is 0 Å². The fourth-order valence-corrected chi connectivity index (χ4v) is 24.1. The summed E-state index contributed by atoms with van der Waals surface area (Å²) in [6, 6.07) is 25.9. The Morgan fingerprint density at radius 2 is 1.00 bits per heavy atom. The van der Waals surface area contributed by atoms with Crippen LogP contribution in [-0.2, 0) is 17.0 Å². The van der Waals surface area contributed by atoms with Gasteiger partial charge in [0.15, 0.2) is 0 Å². The molecule has 0 unspecified atom stereocenters. The summed E-state index contributed by atoms with van der Waals surface area (Å²) in [7, 11) is 7.55. The molecular formula is C27H30ClF3Sn. The van der Waals surface area contributed by atoms with Gasteiger partial charge in [0.05, 0.1) is 0 Å². The zero-order valence-electron chi connectivity index (χ0n) is 19.0. The number of benzene rings is 3. The molecule has 0 spiro atoms. The molecule has 5 heteroatoms. The number of rotatable bonds is 7. The van der Waals surface area contributed by atoms with Crippen LogP contribution in [0.3, 0.4) is 0 Å². The van der Waals surface area contributed by atoms with E-state index in [-0.39, 0.29) is 10.8 Å². The molecule has 3 rings (SSSR count). The second-order valence-electron chi connectivity index (χ2n) is 9.86. The normalized spacial score (nSPS) is 13.2. The number of hydrogen-bond donors (Lipinski definition) is 0. The Labute approximate surface area is 197 Å². The quantitative estimate of drug-likeness (QED) is 0.254. The van der Waals surface area contributed by atoms with Crippen molar-refractivity contribution in [3.63, 3.8) is 0 Å². The molecule has 3 aromatic carbocycles. The van der Waals surface area contributed by atoms with E-state index < -0.39 is 29.0 Å². The van der Waals surface area contributed by atoms with E-state index in [9.17, 15) is 13.2 Å². The SMILES string of the molecule is CC(C)([CH2][Sn]([Cl])([CH2]C(C)(C)c1ccccc1)[c]1ccccc1C(F)(F)F)c1ccccc1. The maximum atomic E-state index is 14.1. The van der Waals surface area contributed by atoms with Gasteiger partial charge in [0.25, 0.3) is 0 Å². The molecule has 0 aliphatic rings. The van der Waals surface area contributed by atoms with Gasteiger partial charge in [-0.05, 0) is 0 Å². The van der Waals surface area contributed by atoms with E-state index in [1.807, 2.05) is 60.7 Å². The van der Waals surface area contributed by atoms with Gasteiger partial charge in [0.2, 0.25) is 0 Å². The van der Waals surface area contributed by atoms with Crippen molar-refractivity contribution < 1.29 is 13.2 Å². The Balaban J connectivity index is 2.14. The van der Waals surface area contributed by atoms with Gasteiger partial charge in [0.1, 0.15) is 0 Å². The van der Waals surface area contributed by atoms with Crippen molar-refractivity contribution in [2.24, 2.45) is 0 Å². The van der Waals surface area contributed by atoms with Gasteiger partial charge in [-0.15, -0.1) is 0 Å². The summed E-state index contributed by atoms with van der Waals surface area (Å²) in [5.41, 5.74) is 0.945. The summed E-state index contributed by atoms with van der Waals surface area (Å²) in [4.78, 5) is 0. The molecular weight excluding hydrogens is 535 g/mol. The summed E-state index contributed by atoms with van der Waals surface area (Å²) >= 11 is -4.15. The molecule has 0 amide bonds. The van der Waals surface area contributed by atoms with E-state index in [2.05, 4.69) is 27.7 Å². The monoisotopic (exact) mass is 566 g/mol. The van der Waals surface area contributed by atoms with Crippen molar-refractivity contribution in [3.05, 3.63) is 102 Å². The number of halogens is 4. The van der Waals surface area contributed by atoms with Crippen LogP contribution < -0.4 is 3.58 Å². The van der Waals surface area contributed by atoms with Gasteiger partial charge in [-0.3, -0.25) is 0 Å². The van der Waals surface area contributed by atoms with Crippen molar-refractivity contribution in [1.82, 2.24) is 0 Å². The Hall–Kier alpha value is -1.46. The molecule has 0 nitrogen and oxygen atoms in total. The number of hydrogen-bond acceptors (Lipinski definition) is 0. The summed E-state index contributed by atoms with van der Waals surface area (Å²) in [5, 5.41) is 0. The van der Waals surface area contributed by atoms with Crippen LogP contribution in [0.1, 0.15) is 44.4 Å². The molecule has 0 saturated heterocycles. The van der Waals surface area contributed by atoms with Gasteiger partial charge < -0.3 is 0 Å². The Bertz CT molecular complexity index is 974. The van der Waals surface area contributed by atoms with Gasteiger partial charge in [-0.1, -0.05) is 0 Å². The summed E-state index contributed by atoms with van der Waals surface area (Å²) in [6.07, 6.45) is -4.43. The van der Waals surface area contributed by atoms with Crippen LogP contribution in [0.25, 0.3) is 0 Å². The standard InChI is InChI=1S/2C10H13.C7H4F3.ClH.Sn/c2*1-10(2,3)9-7-5-4-6-8-9;8-7(9,10)6-4-2-1-3-5-6;;/h2*4-8H,1H2,2-3H3;1-4H;1H;/q;;;;+1/p-1. The molecule has 0 saturated carbocycles. The van der Waals surface area contributed by atoms with Crippen LogP contribution in [0.5, 0.6) is 0 Å². The molecule has 0 fully saturated rings. The summed E-state index contributed by atoms with van der Waals surface area (Å²) in [6.45, 7) is 8.40. The fraction of sp³-hybridized carbons (Fsp3) is 0.333. The molecule has 0 aliphatic heterocycles. The van der Waals surface area contributed by atoms with Gasteiger partial charge in [0, 0.05) is 0 Å². The van der Waals surface area contributed by atoms with Crippen LogP contribution in [0.2, 0.25) is 8.87 Å². The third-order valence-electron chi connectivity index (χ3n) is 6.27. The zero-order valence-corrected chi connectivity index (χ0v) is 22.6. The summed E-state index contributed by atoms with van der Waals surface area (Å²) < 4.78 is 43.7. The van der Waals surface area contributed by atoms with Gasteiger partial charge in [-0.25, -0.2) is 0 Å². The molecule has 0 radical (unpaired) electrons. The molecule has 0 bridgehead atoms. The zero-order chi connectivity index (χ0) is 23.6. The average molecular weight is 566 g/mol. The molecule has 32 heavy (non-hydrogen) atoms. The first-order chi connectivity index (χ1) is 14.9. The van der Waals surface area contributed by atoms with E-state index >= 15 is 0 Å². The first-order valence-corrected chi connectivity index (χ1v) is 19.9. The van der Waals surface area contributed by atoms with Crippen molar-refractivity contribution in [2.45, 2.75) is 53.6 Å². The first kappa shape index (κ1) is 25.2. The molecule has 0 atom stereocenters. The van der Waals surface area contributed by atoms with Gasteiger partial charge >= 0.3 is 198 Å². The fourth-order valence-electron chi connectivity index (χ4n) is 4.76. The molecule has 0 aromatic heterocycles. The van der Waals surface area contributed by atoms with Crippen LogP contribution in [0, 0.1) is 0 Å². The predicted molar refractivity (Wildman–Crippen MR) is 131 cm³/mol. The molecule has 0 heterocycles. The van der Waals surface area contributed by atoms with E-state index in [0.29, 0.717) is 12.5 Å². The van der Waals surface area contributed by atoms with E-state index in [4.69, 9.17) is 8.92 Å². The third kappa shape index (κ3) is 5.72. The van der Waals surface area contributed by atoms with Crippen molar-refractivity contribution >= 4 is 29.8 Å². The molecule has 170 valence electrons. The maximum absolute atomic E-state index is 14.1. The Morgan fingerprint density at radius 3 is 1.41 bits per heavy atom. The average Bonchev–Trinajstić information content (AvgIpc) is 2.74. The molecule has 3 aromatic rings. The second kappa shape index (κ2) is 9.42. The summed E-state index contributed by atoms with van der Waals surface area (Å²) in [5.74, 6) is 0. The minimum atomic E-state index is -4.43. The van der Waals surface area contributed by atoms with Crippen molar-refractivity contribution in [2.75, 3.05) is 0 Å². The number of alkyl halides is 3. The third-order valence-corrected chi connectivity index (χ3v) is 21.7. The van der Waals surface area contributed by atoms with E-state index in [1.165, 1.54) is 12.1 Å². The Kier molecular flexibility index (Phi) is 7.41. The topological polar surface area (TPSA) is 0 Å². The van der Waals surface area contributed by atoms with Crippen molar-refractivity contribution in [1.29, 1.82) is 0 Å². The van der Waals surface area contributed by atoms with E-state index in [0.717, 1.165) is 11.1 Å².